The number of ether oxygens (including phenoxy) is 1. The lowest BCUT2D eigenvalue weighted by Gasteiger charge is -2.26. The van der Waals surface area contributed by atoms with E-state index in [0.717, 1.165) is 30.8 Å². The zero-order valence-corrected chi connectivity index (χ0v) is 23.4. The summed E-state index contributed by atoms with van der Waals surface area (Å²) in [5, 5.41) is 8.69. The van der Waals surface area contributed by atoms with Gasteiger partial charge in [-0.05, 0) is 43.9 Å². The number of rotatable bonds is 11. The van der Waals surface area contributed by atoms with Gasteiger partial charge in [0.1, 0.15) is 17.9 Å². The number of amides is 1. The molecule has 1 saturated heterocycles. The van der Waals surface area contributed by atoms with Crippen molar-refractivity contribution in [1.29, 1.82) is 0 Å². The number of hydrogen-bond acceptors (Lipinski definition) is 9. The van der Waals surface area contributed by atoms with Crippen LogP contribution in [0.2, 0.25) is 5.02 Å². The van der Waals surface area contributed by atoms with E-state index in [2.05, 4.69) is 37.0 Å². The van der Waals surface area contributed by atoms with Crippen LogP contribution in [0, 0.1) is 0 Å². The van der Waals surface area contributed by atoms with Gasteiger partial charge in [-0.15, -0.1) is 0 Å². The molecule has 1 aliphatic heterocycles. The van der Waals surface area contributed by atoms with E-state index in [4.69, 9.17) is 21.2 Å². The van der Waals surface area contributed by atoms with Crippen molar-refractivity contribution in [2.75, 3.05) is 68.5 Å². The minimum atomic E-state index is -0.309. The Bertz CT molecular complexity index is 1320. The van der Waals surface area contributed by atoms with E-state index in [9.17, 15) is 4.79 Å². The maximum absolute atomic E-state index is 12.3. The molecule has 1 fully saturated rings. The smallest absolute Gasteiger partial charge is 0.247 e. The molecular weight excluding hydrogens is 518 g/mol. The predicted octanol–water partition coefficient (Wildman–Crippen LogP) is 4.89. The second-order valence-corrected chi connectivity index (χ2v) is 9.83. The van der Waals surface area contributed by atoms with E-state index in [0.29, 0.717) is 40.4 Å². The number of hydroxylamine groups is 1. The summed E-state index contributed by atoms with van der Waals surface area (Å²) in [6.45, 7) is 5.73. The monoisotopic (exact) mass is 551 g/mol. The number of hydrogen-bond donors (Lipinski definition) is 2. The quantitative estimate of drug-likeness (QED) is 0.323. The molecule has 10 nitrogen and oxygen atoms in total. The maximum Gasteiger partial charge on any atom is 0.247 e. The summed E-state index contributed by atoms with van der Waals surface area (Å²) in [6.07, 6.45) is 3.52. The molecule has 1 aliphatic rings. The molecule has 1 aromatic heterocycles. The van der Waals surface area contributed by atoms with Crippen LogP contribution in [0.25, 0.3) is 0 Å². The first-order chi connectivity index (χ1) is 18.8. The van der Waals surface area contributed by atoms with Crippen LogP contribution in [0.3, 0.4) is 0 Å². The van der Waals surface area contributed by atoms with Crippen LogP contribution >= 0.6 is 11.6 Å². The Balaban J connectivity index is 1.63. The SMILES string of the molecule is C=CC(=O)Nc1cc(Nc2cc(N3OCC[C@@H]3c3cccc(Cl)c3)ncn2)c(OC)cc1N(C)CCN(C)C. The Morgan fingerprint density at radius 3 is 2.74 bits per heavy atom. The molecule has 0 unspecified atom stereocenters. The van der Waals surface area contributed by atoms with E-state index >= 15 is 0 Å². The van der Waals surface area contributed by atoms with Crippen molar-refractivity contribution < 1.29 is 14.4 Å². The molecule has 0 aliphatic carbocycles. The molecule has 2 heterocycles. The van der Waals surface area contributed by atoms with Crippen LogP contribution in [-0.2, 0) is 9.63 Å². The third-order valence-electron chi connectivity index (χ3n) is 6.33. The summed E-state index contributed by atoms with van der Waals surface area (Å²) in [7, 11) is 7.60. The fraction of sp³-hybridized carbons (Fsp3) is 0.321. The van der Waals surface area contributed by atoms with Gasteiger partial charge in [-0.2, -0.15) is 0 Å². The lowest BCUT2D eigenvalue weighted by Crippen LogP contribution is -2.29. The highest BCUT2D eigenvalue weighted by Crippen LogP contribution is 2.39. The Hall–Kier alpha value is -3.86. The minimum absolute atomic E-state index is 0.0290. The third kappa shape index (κ3) is 6.97. The van der Waals surface area contributed by atoms with Gasteiger partial charge >= 0.3 is 0 Å². The molecule has 206 valence electrons. The standard InChI is InChI=1S/C28H34ClN7O3/c1-6-28(37)33-21-15-22(25(38-5)16-24(21)35(4)12-11-34(2)3)32-26-17-27(31-18-30-26)36-23(10-13-39-36)19-8-7-9-20(29)14-19/h6-9,14-18,23H,1,10-13H2,2-5H3,(H,33,37)(H,30,31,32)/t23-/m1/s1. The van der Waals surface area contributed by atoms with Crippen LogP contribution in [0.1, 0.15) is 18.0 Å². The molecule has 1 amide bonds. The second kappa shape index (κ2) is 12.8. The molecule has 0 bridgehead atoms. The summed E-state index contributed by atoms with van der Waals surface area (Å²) in [4.78, 5) is 31.2. The zero-order chi connectivity index (χ0) is 27.9. The first-order valence-electron chi connectivity index (χ1n) is 12.6. The fourth-order valence-electron chi connectivity index (χ4n) is 4.29. The highest BCUT2D eigenvalue weighted by atomic mass is 35.5. The van der Waals surface area contributed by atoms with E-state index < -0.39 is 0 Å². The fourth-order valence-corrected chi connectivity index (χ4v) is 4.49. The number of carbonyl (C=O) groups is 1. The molecule has 2 aromatic carbocycles. The largest absolute Gasteiger partial charge is 0.494 e. The summed E-state index contributed by atoms with van der Waals surface area (Å²) < 4.78 is 5.71. The normalized spacial score (nSPS) is 14.8. The van der Waals surface area contributed by atoms with Gasteiger partial charge in [-0.3, -0.25) is 9.63 Å². The Labute approximate surface area is 234 Å². The van der Waals surface area contributed by atoms with Crippen molar-refractivity contribution in [2.45, 2.75) is 12.5 Å². The number of benzene rings is 2. The zero-order valence-electron chi connectivity index (χ0n) is 22.6. The van der Waals surface area contributed by atoms with Crippen molar-refractivity contribution >= 4 is 46.2 Å². The van der Waals surface area contributed by atoms with Crippen molar-refractivity contribution in [3.63, 3.8) is 0 Å². The average molecular weight is 552 g/mol. The topological polar surface area (TPSA) is 95.1 Å². The van der Waals surface area contributed by atoms with Crippen molar-refractivity contribution in [3.05, 3.63) is 72.0 Å². The molecule has 4 rings (SSSR count). The highest BCUT2D eigenvalue weighted by molar-refractivity contribution is 6.30. The van der Waals surface area contributed by atoms with Gasteiger partial charge in [0.05, 0.1) is 36.8 Å². The molecule has 39 heavy (non-hydrogen) atoms. The molecule has 2 N–H and O–H groups in total. The first kappa shape index (κ1) is 28.2. The van der Waals surface area contributed by atoms with Gasteiger partial charge in [0.25, 0.3) is 0 Å². The van der Waals surface area contributed by atoms with Crippen LogP contribution in [0.4, 0.5) is 28.7 Å². The molecule has 3 aromatic rings. The number of carbonyl (C=O) groups excluding carboxylic acids is 1. The average Bonchev–Trinajstić information content (AvgIpc) is 3.42. The highest BCUT2D eigenvalue weighted by Gasteiger charge is 2.29. The second-order valence-electron chi connectivity index (χ2n) is 9.39. The number of anilines is 5. The number of halogens is 1. The Kier molecular flexibility index (Phi) is 9.23. The van der Waals surface area contributed by atoms with Gasteiger partial charge in [0.2, 0.25) is 5.91 Å². The minimum Gasteiger partial charge on any atom is -0.494 e. The lowest BCUT2D eigenvalue weighted by molar-refractivity contribution is -0.111. The number of methoxy groups -OCH3 is 1. The summed E-state index contributed by atoms with van der Waals surface area (Å²) >= 11 is 6.23. The number of nitrogens with zero attached hydrogens (tertiary/aromatic N) is 5. The lowest BCUT2D eigenvalue weighted by atomic mass is 10.0. The summed E-state index contributed by atoms with van der Waals surface area (Å²) in [5.41, 5.74) is 3.10. The summed E-state index contributed by atoms with van der Waals surface area (Å²) in [6, 6.07) is 13.2. The van der Waals surface area contributed by atoms with Crippen LogP contribution in [0.15, 0.2) is 61.4 Å². The number of nitrogens with one attached hydrogen (secondary N) is 2. The van der Waals surface area contributed by atoms with Gasteiger partial charge in [-0.25, -0.2) is 15.0 Å². The molecule has 1 atom stereocenters. The van der Waals surface area contributed by atoms with Gasteiger partial charge in [0.15, 0.2) is 5.82 Å². The van der Waals surface area contributed by atoms with E-state index in [1.165, 1.54) is 12.4 Å². The molecular formula is C28H34ClN7O3. The van der Waals surface area contributed by atoms with E-state index in [-0.39, 0.29) is 11.9 Å². The van der Waals surface area contributed by atoms with Gasteiger partial charge < -0.3 is 25.2 Å². The van der Waals surface area contributed by atoms with E-state index in [1.807, 2.05) is 57.5 Å². The van der Waals surface area contributed by atoms with Crippen LogP contribution in [-0.4, -0.2) is 68.7 Å². The van der Waals surface area contributed by atoms with E-state index in [1.54, 1.807) is 18.2 Å². The van der Waals surface area contributed by atoms with Crippen molar-refractivity contribution in [1.82, 2.24) is 14.9 Å². The Morgan fingerprint density at radius 1 is 1.21 bits per heavy atom. The number of likely N-dealkylation sites (N-methyl/N-ethyl adjacent to an activating group) is 2. The predicted molar refractivity (Wildman–Crippen MR) is 156 cm³/mol. The van der Waals surface area contributed by atoms with Crippen molar-refractivity contribution in [2.24, 2.45) is 0 Å². The summed E-state index contributed by atoms with van der Waals surface area (Å²) in [5.74, 6) is 1.42. The Morgan fingerprint density at radius 2 is 2.03 bits per heavy atom. The molecule has 11 heteroatoms. The first-order valence-corrected chi connectivity index (χ1v) is 12.9. The molecule has 0 saturated carbocycles. The third-order valence-corrected chi connectivity index (χ3v) is 6.57. The van der Waals surface area contributed by atoms with Gasteiger partial charge in [-0.1, -0.05) is 30.3 Å². The maximum atomic E-state index is 12.3. The number of aromatic nitrogens is 2. The molecule has 0 radical (unpaired) electrons. The van der Waals surface area contributed by atoms with Gasteiger partial charge in [0, 0.05) is 43.7 Å². The van der Waals surface area contributed by atoms with Crippen LogP contribution < -0.4 is 25.3 Å². The molecule has 0 spiro atoms. The van der Waals surface area contributed by atoms with Crippen molar-refractivity contribution in [3.8, 4) is 5.75 Å². The van der Waals surface area contributed by atoms with Crippen LogP contribution in [0.5, 0.6) is 5.75 Å².